The first-order valence-corrected chi connectivity index (χ1v) is 10.0. The quantitative estimate of drug-likeness (QED) is 0.425. The second-order valence-corrected chi connectivity index (χ2v) is 7.56. The second kappa shape index (κ2) is 7.69. The largest absolute Gasteiger partial charge is 0.459 e. The van der Waals surface area contributed by atoms with E-state index in [1.807, 2.05) is 32.0 Å². The third-order valence-corrected chi connectivity index (χ3v) is 5.05. The molecule has 2 N–H and O–H groups in total. The monoisotopic (exact) mass is 429 g/mol. The fraction of sp³-hybridized carbons (Fsp3) is 0.130. The Morgan fingerprint density at radius 2 is 1.88 bits per heavy atom. The molecule has 0 saturated carbocycles. The number of aromatic amines is 1. The summed E-state index contributed by atoms with van der Waals surface area (Å²) in [5, 5.41) is 6.83. The molecule has 0 fully saturated rings. The zero-order valence-electron chi connectivity index (χ0n) is 17.3. The molecule has 9 nitrogen and oxygen atoms in total. The van der Waals surface area contributed by atoms with Gasteiger partial charge in [-0.25, -0.2) is 4.79 Å². The lowest BCUT2D eigenvalue weighted by Gasteiger charge is -2.06. The standard InChI is InChI=1S/C23H19N5O4/c1-13(2)28-18-10-7-15(12-17(18)25-23(28)30)20-26-22(32-27-20)14-5-8-16(9-6-14)24-21(29)19-4-3-11-31-19/h3-13H,1-2H3,(H,24,29)(H,25,30). The topological polar surface area (TPSA) is 119 Å². The van der Waals surface area contributed by atoms with Crippen molar-refractivity contribution in [3.05, 3.63) is 77.1 Å². The van der Waals surface area contributed by atoms with Crippen LogP contribution in [-0.2, 0) is 0 Å². The minimum Gasteiger partial charge on any atom is -0.459 e. The van der Waals surface area contributed by atoms with Crippen molar-refractivity contribution >= 4 is 22.6 Å². The first kappa shape index (κ1) is 19.6. The van der Waals surface area contributed by atoms with Gasteiger partial charge in [-0.1, -0.05) is 5.16 Å². The zero-order chi connectivity index (χ0) is 22.2. The molecule has 5 rings (SSSR count). The fourth-order valence-electron chi connectivity index (χ4n) is 3.54. The van der Waals surface area contributed by atoms with Crippen LogP contribution in [0.2, 0.25) is 0 Å². The van der Waals surface area contributed by atoms with Gasteiger partial charge >= 0.3 is 5.69 Å². The van der Waals surface area contributed by atoms with Gasteiger partial charge in [0.05, 0.1) is 17.3 Å². The molecule has 32 heavy (non-hydrogen) atoms. The number of nitrogens with one attached hydrogen (secondary N) is 2. The third kappa shape index (κ3) is 3.49. The number of hydrogen-bond donors (Lipinski definition) is 2. The van der Waals surface area contributed by atoms with E-state index in [-0.39, 0.29) is 23.4 Å². The van der Waals surface area contributed by atoms with Gasteiger partial charge in [0, 0.05) is 22.9 Å². The van der Waals surface area contributed by atoms with E-state index in [9.17, 15) is 9.59 Å². The van der Waals surface area contributed by atoms with Crippen molar-refractivity contribution in [2.75, 3.05) is 5.32 Å². The molecule has 0 spiro atoms. The molecule has 160 valence electrons. The molecule has 0 atom stereocenters. The summed E-state index contributed by atoms with van der Waals surface area (Å²) in [6.45, 7) is 3.92. The van der Waals surface area contributed by atoms with Gasteiger partial charge in [-0.3, -0.25) is 9.36 Å². The number of hydrogen-bond acceptors (Lipinski definition) is 6. The number of aromatic nitrogens is 4. The van der Waals surface area contributed by atoms with Crippen LogP contribution in [0.4, 0.5) is 5.69 Å². The minimum absolute atomic E-state index is 0.0470. The molecule has 1 amide bonds. The van der Waals surface area contributed by atoms with Crippen LogP contribution in [0.3, 0.4) is 0 Å². The number of carbonyl (C=O) groups is 1. The molecule has 9 heteroatoms. The van der Waals surface area contributed by atoms with Crippen LogP contribution in [-0.4, -0.2) is 25.6 Å². The summed E-state index contributed by atoms with van der Waals surface area (Å²) in [4.78, 5) is 31.6. The zero-order valence-corrected chi connectivity index (χ0v) is 17.3. The van der Waals surface area contributed by atoms with E-state index in [4.69, 9.17) is 8.94 Å². The fourth-order valence-corrected chi connectivity index (χ4v) is 3.54. The van der Waals surface area contributed by atoms with E-state index in [1.54, 1.807) is 41.0 Å². The number of anilines is 1. The molecule has 0 bridgehead atoms. The summed E-state index contributed by atoms with van der Waals surface area (Å²) in [6, 6.07) is 15.9. The third-order valence-electron chi connectivity index (χ3n) is 5.05. The molecule has 0 aliphatic rings. The SMILES string of the molecule is CC(C)n1c(=O)[nH]c2cc(-c3noc(-c4ccc(NC(=O)c5ccco5)cc4)n3)ccc21. The van der Waals surface area contributed by atoms with Gasteiger partial charge in [-0.15, -0.1) is 0 Å². The van der Waals surface area contributed by atoms with Gasteiger partial charge in [-0.05, 0) is 68.4 Å². The highest BCUT2D eigenvalue weighted by atomic mass is 16.5. The molecule has 0 saturated heterocycles. The van der Waals surface area contributed by atoms with Crippen molar-refractivity contribution in [1.29, 1.82) is 0 Å². The number of benzene rings is 2. The Morgan fingerprint density at radius 1 is 1.09 bits per heavy atom. The highest BCUT2D eigenvalue weighted by Gasteiger charge is 2.15. The lowest BCUT2D eigenvalue weighted by atomic mass is 10.1. The van der Waals surface area contributed by atoms with E-state index in [2.05, 4.69) is 20.4 Å². The maximum absolute atomic E-state index is 12.2. The first-order chi connectivity index (χ1) is 15.5. The Bertz CT molecular complexity index is 1460. The van der Waals surface area contributed by atoms with E-state index in [0.29, 0.717) is 28.5 Å². The molecule has 0 aliphatic carbocycles. The molecule has 0 radical (unpaired) electrons. The predicted octanol–water partition coefficient (Wildman–Crippen LogP) is 4.47. The summed E-state index contributed by atoms with van der Waals surface area (Å²) >= 11 is 0. The maximum Gasteiger partial charge on any atom is 0.326 e. The second-order valence-electron chi connectivity index (χ2n) is 7.56. The Kier molecular flexibility index (Phi) is 4.70. The molecule has 3 aromatic heterocycles. The van der Waals surface area contributed by atoms with Crippen LogP contribution in [0.25, 0.3) is 33.9 Å². The molecule has 3 heterocycles. The van der Waals surface area contributed by atoms with Crippen molar-refractivity contribution < 1.29 is 13.7 Å². The van der Waals surface area contributed by atoms with Crippen LogP contribution in [0.1, 0.15) is 30.4 Å². The molecule has 0 aliphatic heterocycles. The van der Waals surface area contributed by atoms with Crippen LogP contribution >= 0.6 is 0 Å². The number of rotatable bonds is 5. The van der Waals surface area contributed by atoms with Crippen LogP contribution < -0.4 is 11.0 Å². The van der Waals surface area contributed by atoms with Gasteiger partial charge < -0.3 is 19.2 Å². The molecule has 5 aromatic rings. The Hall–Kier alpha value is -4.40. The van der Waals surface area contributed by atoms with Crippen LogP contribution in [0, 0.1) is 0 Å². The highest BCUT2D eigenvalue weighted by molar-refractivity contribution is 6.02. The predicted molar refractivity (Wildman–Crippen MR) is 118 cm³/mol. The summed E-state index contributed by atoms with van der Waals surface area (Å²) < 4.78 is 12.2. The minimum atomic E-state index is -0.331. The van der Waals surface area contributed by atoms with Gasteiger partial charge in [0.15, 0.2) is 5.76 Å². The van der Waals surface area contributed by atoms with Crippen LogP contribution in [0.15, 0.2) is 74.6 Å². The van der Waals surface area contributed by atoms with E-state index < -0.39 is 0 Å². The molecular formula is C23H19N5O4. The Labute approximate surface area is 181 Å². The first-order valence-electron chi connectivity index (χ1n) is 10.0. The van der Waals surface area contributed by atoms with Gasteiger partial charge in [0.25, 0.3) is 11.8 Å². The average molecular weight is 429 g/mol. The summed E-state index contributed by atoms with van der Waals surface area (Å²) in [5.41, 5.74) is 3.43. The Morgan fingerprint density at radius 3 is 2.59 bits per heavy atom. The number of nitrogens with zero attached hydrogens (tertiary/aromatic N) is 3. The van der Waals surface area contributed by atoms with Crippen molar-refractivity contribution in [2.24, 2.45) is 0 Å². The molecular weight excluding hydrogens is 410 g/mol. The number of furan rings is 1. The summed E-state index contributed by atoms with van der Waals surface area (Å²) in [5.74, 6) is 0.660. The smallest absolute Gasteiger partial charge is 0.326 e. The van der Waals surface area contributed by atoms with E-state index in [1.165, 1.54) is 6.26 Å². The number of fused-ring (bicyclic) bond motifs is 1. The summed E-state index contributed by atoms with van der Waals surface area (Å²) in [6.07, 6.45) is 1.44. The van der Waals surface area contributed by atoms with Crippen molar-refractivity contribution in [3.63, 3.8) is 0 Å². The Balaban J connectivity index is 1.37. The van der Waals surface area contributed by atoms with Gasteiger partial charge in [0.1, 0.15) is 0 Å². The highest BCUT2D eigenvalue weighted by Crippen LogP contribution is 2.26. The van der Waals surface area contributed by atoms with E-state index in [0.717, 1.165) is 11.1 Å². The number of amides is 1. The maximum atomic E-state index is 12.2. The number of imidazole rings is 1. The number of H-pyrrole nitrogens is 1. The lowest BCUT2D eigenvalue weighted by Crippen LogP contribution is -2.18. The molecule has 2 aromatic carbocycles. The normalized spacial score (nSPS) is 11.3. The number of carbonyl (C=O) groups excluding carboxylic acids is 1. The van der Waals surface area contributed by atoms with Crippen LogP contribution in [0.5, 0.6) is 0 Å². The lowest BCUT2D eigenvalue weighted by molar-refractivity contribution is 0.0996. The average Bonchev–Trinajstić information content (AvgIpc) is 3.52. The van der Waals surface area contributed by atoms with Gasteiger partial charge in [-0.2, -0.15) is 4.98 Å². The summed E-state index contributed by atoms with van der Waals surface area (Å²) in [7, 11) is 0. The van der Waals surface area contributed by atoms with Crippen molar-refractivity contribution in [2.45, 2.75) is 19.9 Å². The van der Waals surface area contributed by atoms with Gasteiger partial charge in [0.2, 0.25) is 5.82 Å². The van der Waals surface area contributed by atoms with E-state index >= 15 is 0 Å². The van der Waals surface area contributed by atoms with Crippen molar-refractivity contribution in [1.82, 2.24) is 19.7 Å². The van der Waals surface area contributed by atoms with Crippen molar-refractivity contribution in [3.8, 4) is 22.8 Å². The molecule has 0 unspecified atom stereocenters.